The maximum atomic E-state index is 12.7. The van der Waals surface area contributed by atoms with Gasteiger partial charge in [-0.2, -0.15) is 0 Å². The monoisotopic (exact) mass is 294 g/mol. The SMILES string of the molecule is CC(C)N(Cc1cccc(Cl)c1)C(=O)[C@@H]1CCCNC1. The van der Waals surface area contributed by atoms with Crippen molar-refractivity contribution in [3.8, 4) is 0 Å². The molecule has 0 bridgehead atoms. The van der Waals surface area contributed by atoms with E-state index in [0.717, 1.165) is 36.5 Å². The van der Waals surface area contributed by atoms with Crippen LogP contribution in [0.1, 0.15) is 32.3 Å². The van der Waals surface area contributed by atoms with Gasteiger partial charge >= 0.3 is 0 Å². The molecule has 0 unspecified atom stereocenters. The van der Waals surface area contributed by atoms with Crippen molar-refractivity contribution in [2.24, 2.45) is 5.92 Å². The lowest BCUT2D eigenvalue weighted by molar-refractivity contribution is -0.138. The minimum Gasteiger partial charge on any atom is -0.336 e. The largest absolute Gasteiger partial charge is 0.336 e. The molecule has 20 heavy (non-hydrogen) atoms. The van der Waals surface area contributed by atoms with Crippen LogP contribution < -0.4 is 5.32 Å². The van der Waals surface area contributed by atoms with Gasteiger partial charge in [-0.25, -0.2) is 0 Å². The number of nitrogens with zero attached hydrogens (tertiary/aromatic N) is 1. The molecule has 0 radical (unpaired) electrons. The van der Waals surface area contributed by atoms with Crippen molar-refractivity contribution in [2.45, 2.75) is 39.3 Å². The second-order valence-corrected chi connectivity index (χ2v) is 6.17. The number of hydrogen-bond donors (Lipinski definition) is 1. The Balaban J connectivity index is 2.08. The van der Waals surface area contributed by atoms with Crippen LogP contribution in [0.5, 0.6) is 0 Å². The van der Waals surface area contributed by atoms with Crippen molar-refractivity contribution in [1.29, 1.82) is 0 Å². The number of amides is 1. The van der Waals surface area contributed by atoms with E-state index in [2.05, 4.69) is 19.2 Å². The lowest BCUT2D eigenvalue weighted by atomic mass is 9.97. The molecule has 0 aliphatic carbocycles. The zero-order chi connectivity index (χ0) is 14.5. The fourth-order valence-corrected chi connectivity index (χ4v) is 2.86. The molecular weight excluding hydrogens is 272 g/mol. The summed E-state index contributed by atoms with van der Waals surface area (Å²) in [6.07, 6.45) is 2.07. The van der Waals surface area contributed by atoms with Gasteiger partial charge in [0.25, 0.3) is 0 Å². The smallest absolute Gasteiger partial charge is 0.227 e. The molecule has 1 fully saturated rings. The molecule has 1 heterocycles. The zero-order valence-electron chi connectivity index (χ0n) is 12.2. The predicted molar refractivity (Wildman–Crippen MR) is 82.7 cm³/mol. The van der Waals surface area contributed by atoms with E-state index in [1.54, 1.807) is 0 Å². The van der Waals surface area contributed by atoms with Crippen molar-refractivity contribution in [3.63, 3.8) is 0 Å². The predicted octanol–water partition coefficient (Wildman–Crippen LogP) is 3.08. The Labute approximate surface area is 126 Å². The fraction of sp³-hybridized carbons (Fsp3) is 0.562. The number of carbonyl (C=O) groups is 1. The maximum absolute atomic E-state index is 12.7. The number of nitrogens with one attached hydrogen (secondary N) is 1. The van der Waals surface area contributed by atoms with Crippen molar-refractivity contribution in [3.05, 3.63) is 34.9 Å². The molecule has 110 valence electrons. The quantitative estimate of drug-likeness (QED) is 0.925. The first-order valence-corrected chi connectivity index (χ1v) is 7.71. The van der Waals surface area contributed by atoms with Crippen molar-refractivity contribution < 1.29 is 4.79 Å². The van der Waals surface area contributed by atoms with Crippen LogP contribution in [0.3, 0.4) is 0 Å². The van der Waals surface area contributed by atoms with Gasteiger partial charge in [0, 0.05) is 24.2 Å². The van der Waals surface area contributed by atoms with Crippen molar-refractivity contribution >= 4 is 17.5 Å². The van der Waals surface area contributed by atoms with Crippen molar-refractivity contribution in [1.82, 2.24) is 10.2 Å². The van der Waals surface area contributed by atoms with Crippen LogP contribution in [0.2, 0.25) is 5.02 Å². The highest BCUT2D eigenvalue weighted by molar-refractivity contribution is 6.30. The normalized spacial score (nSPS) is 19.1. The van der Waals surface area contributed by atoms with Crippen LogP contribution in [-0.4, -0.2) is 29.9 Å². The topological polar surface area (TPSA) is 32.3 Å². The summed E-state index contributed by atoms with van der Waals surface area (Å²) < 4.78 is 0. The lowest BCUT2D eigenvalue weighted by Crippen LogP contribution is -2.45. The summed E-state index contributed by atoms with van der Waals surface area (Å²) in [6, 6.07) is 7.95. The van der Waals surface area contributed by atoms with Gasteiger partial charge in [0.2, 0.25) is 5.91 Å². The molecule has 0 saturated carbocycles. The van der Waals surface area contributed by atoms with Gasteiger partial charge in [-0.3, -0.25) is 4.79 Å². The van der Waals surface area contributed by atoms with E-state index < -0.39 is 0 Å². The Morgan fingerprint density at radius 1 is 1.50 bits per heavy atom. The summed E-state index contributed by atoms with van der Waals surface area (Å²) in [5.41, 5.74) is 1.09. The molecule has 0 aromatic heterocycles. The number of rotatable bonds is 4. The first-order valence-electron chi connectivity index (χ1n) is 7.33. The van der Waals surface area contributed by atoms with E-state index in [9.17, 15) is 4.79 Å². The van der Waals surface area contributed by atoms with Crippen molar-refractivity contribution in [2.75, 3.05) is 13.1 Å². The lowest BCUT2D eigenvalue weighted by Gasteiger charge is -2.32. The molecule has 1 atom stereocenters. The summed E-state index contributed by atoms with van der Waals surface area (Å²) >= 11 is 6.02. The molecule has 1 saturated heterocycles. The average Bonchev–Trinajstić information content (AvgIpc) is 2.45. The van der Waals surface area contributed by atoms with Gasteiger partial charge in [-0.1, -0.05) is 23.7 Å². The maximum Gasteiger partial charge on any atom is 0.227 e. The van der Waals surface area contributed by atoms with E-state index >= 15 is 0 Å². The van der Waals surface area contributed by atoms with E-state index in [0.29, 0.717) is 6.54 Å². The van der Waals surface area contributed by atoms with Gasteiger partial charge in [0.1, 0.15) is 0 Å². The highest BCUT2D eigenvalue weighted by Gasteiger charge is 2.27. The van der Waals surface area contributed by atoms with Crippen LogP contribution in [0, 0.1) is 5.92 Å². The molecule has 4 heteroatoms. The Morgan fingerprint density at radius 3 is 2.90 bits per heavy atom. The van der Waals surface area contributed by atoms with Crippen LogP contribution in [0.15, 0.2) is 24.3 Å². The second-order valence-electron chi connectivity index (χ2n) is 5.73. The zero-order valence-corrected chi connectivity index (χ0v) is 13.0. The summed E-state index contributed by atoms with van der Waals surface area (Å²) in [6.45, 7) is 6.60. The van der Waals surface area contributed by atoms with Crippen LogP contribution >= 0.6 is 11.6 Å². The van der Waals surface area contributed by atoms with E-state index in [4.69, 9.17) is 11.6 Å². The Bertz CT molecular complexity index is 456. The van der Waals surface area contributed by atoms with Gasteiger partial charge in [-0.05, 0) is 50.9 Å². The Kier molecular flexibility index (Phi) is 5.44. The molecular formula is C16H23ClN2O. The van der Waals surface area contributed by atoms with Crippen LogP contribution in [-0.2, 0) is 11.3 Å². The third-order valence-corrected chi connectivity index (χ3v) is 4.03. The third-order valence-electron chi connectivity index (χ3n) is 3.79. The summed E-state index contributed by atoms with van der Waals surface area (Å²) in [5.74, 6) is 0.373. The molecule has 1 N–H and O–H groups in total. The first-order chi connectivity index (χ1) is 9.58. The van der Waals surface area contributed by atoms with Crippen LogP contribution in [0.4, 0.5) is 0 Å². The first kappa shape index (κ1) is 15.3. The Morgan fingerprint density at radius 2 is 2.30 bits per heavy atom. The molecule has 1 aliphatic rings. The number of benzene rings is 1. The minimum atomic E-state index is 0.116. The molecule has 2 rings (SSSR count). The third kappa shape index (κ3) is 3.97. The highest BCUT2D eigenvalue weighted by Crippen LogP contribution is 2.19. The van der Waals surface area contributed by atoms with E-state index in [1.165, 1.54) is 0 Å². The molecule has 1 aromatic rings. The summed E-state index contributed by atoms with van der Waals surface area (Å²) in [5, 5.41) is 4.03. The summed E-state index contributed by atoms with van der Waals surface area (Å²) in [4.78, 5) is 14.6. The standard InChI is InChI=1S/C16H23ClN2O/c1-12(2)19(11-13-5-3-7-15(17)9-13)16(20)14-6-4-8-18-10-14/h3,5,7,9,12,14,18H,4,6,8,10-11H2,1-2H3/t14-/m1/s1. The minimum absolute atomic E-state index is 0.116. The summed E-state index contributed by atoms with van der Waals surface area (Å²) in [7, 11) is 0. The second kappa shape index (κ2) is 7.09. The molecule has 1 aliphatic heterocycles. The number of hydrogen-bond acceptors (Lipinski definition) is 2. The number of carbonyl (C=O) groups excluding carboxylic acids is 1. The van der Waals surface area contributed by atoms with Gasteiger partial charge in [0.05, 0.1) is 5.92 Å². The molecule has 1 amide bonds. The molecule has 0 spiro atoms. The van der Waals surface area contributed by atoms with Gasteiger partial charge in [-0.15, -0.1) is 0 Å². The van der Waals surface area contributed by atoms with E-state index in [1.807, 2.05) is 29.2 Å². The van der Waals surface area contributed by atoms with E-state index in [-0.39, 0.29) is 17.9 Å². The molecule has 1 aromatic carbocycles. The fourth-order valence-electron chi connectivity index (χ4n) is 2.64. The molecule has 3 nitrogen and oxygen atoms in total. The average molecular weight is 295 g/mol. The van der Waals surface area contributed by atoms with Gasteiger partial charge in [0.15, 0.2) is 0 Å². The van der Waals surface area contributed by atoms with Crippen LogP contribution in [0.25, 0.3) is 0 Å². The Hall–Kier alpha value is -1.06. The highest BCUT2D eigenvalue weighted by atomic mass is 35.5. The van der Waals surface area contributed by atoms with Gasteiger partial charge < -0.3 is 10.2 Å². The number of halogens is 1. The number of piperidine rings is 1.